The molecule has 0 saturated carbocycles. The molecule has 0 aliphatic carbocycles. The Balaban J connectivity index is -0.000000281. The van der Waals surface area contributed by atoms with Crippen molar-refractivity contribution in [3.63, 3.8) is 0 Å². The van der Waals surface area contributed by atoms with E-state index in [-0.39, 0.29) is 51.2 Å². The van der Waals surface area contributed by atoms with Crippen LogP contribution in [0.3, 0.4) is 0 Å². The van der Waals surface area contributed by atoms with Crippen molar-refractivity contribution in [1.29, 1.82) is 0 Å². The Bertz CT molecular complexity index is 1470. The molecule has 4 rings (SSSR count). The molecule has 0 bridgehead atoms. The summed E-state index contributed by atoms with van der Waals surface area (Å²) < 4.78 is 64.7. The van der Waals surface area contributed by atoms with Crippen LogP contribution in [-0.4, -0.2) is 47.7 Å². The van der Waals surface area contributed by atoms with E-state index in [1.54, 1.807) is 36.7 Å². The normalized spacial score (nSPS) is 9.44. The summed E-state index contributed by atoms with van der Waals surface area (Å²) in [4.78, 5) is 27.5. The molecule has 16 N–H and O–H groups in total. The topological polar surface area (TPSA) is 358 Å². The first-order valence-electron chi connectivity index (χ1n) is 10.3. The van der Waals surface area contributed by atoms with E-state index in [1.165, 1.54) is 36.7 Å². The SMILES string of the molecule is NC(=O)c1cccnc1.NC(=O)c1cccnc1.O=S(=O)([O-])c1ccc(-c2ccc(S(=O)(=O)[O-])cc2)cc1.[OH3+].[OH3+].[OH3+].[OH3+].[Zn+2]. The van der Waals surface area contributed by atoms with Crippen LogP contribution in [0.2, 0.25) is 0 Å². The monoisotopic (exact) mass is 696 g/mol. The van der Waals surface area contributed by atoms with E-state index in [9.17, 15) is 35.5 Å². The van der Waals surface area contributed by atoms with E-state index in [2.05, 4.69) is 9.97 Å². The second-order valence-electron chi connectivity index (χ2n) is 7.17. The molecule has 2 aromatic carbocycles. The van der Waals surface area contributed by atoms with E-state index in [1.807, 2.05) is 0 Å². The zero-order valence-corrected chi connectivity index (χ0v) is 27.0. The van der Waals surface area contributed by atoms with Crippen LogP contribution < -0.4 is 11.5 Å². The zero-order chi connectivity index (χ0) is 28.3. The minimum atomic E-state index is -4.50. The van der Waals surface area contributed by atoms with Crippen molar-refractivity contribution >= 4 is 32.1 Å². The predicted molar refractivity (Wildman–Crippen MR) is 153 cm³/mol. The number of primary amides is 2. The first kappa shape index (κ1) is 45.9. The van der Waals surface area contributed by atoms with Gasteiger partial charge in [0.2, 0.25) is 11.8 Å². The third kappa shape index (κ3) is 15.7. The van der Waals surface area contributed by atoms with Gasteiger partial charge in [0, 0.05) is 24.8 Å². The Hall–Kier alpha value is -4.04. The molecule has 0 fully saturated rings. The number of amides is 2. The third-order valence-electron chi connectivity index (χ3n) is 4.51. The van der Waals surface area contributed by atoms with Gasteiger partial charge in [-0.15, -0.1) is 0 Å². The number of nitrogens with two attached hydrogens (primary N) is 2. The molecule has 0 saturated heterocycles. The van der Waals surface area contributed by atoms with Gasteiger partial charge in [-0.3, -0.25) is 19.6 Å². The molecule has 16 nitrogen and oxygen atoms in total. The van der Waals surface area contributed by atoms with Gasteiger partial charge in [-0.2, -0.15) is 0 Å². The van der Waals surface area contributed by atoms with Crippen LogP contribution in [0.4, 0.5) is 0 Å². The van der Waals surface area contributed by atoms with E-state index >= 15 is 0 Å². The Kier molecular flexibility index (Phi) is 22.2. The second-order valence-corrected chi connectivity index (χ2v) is 9.93. The summed E-state index contributed by atoms with van der Waals surface area (Å²) in [6.07, 6.45) is 6.05. The van der Waals surface area contributed by atoms with Crippen molar-refractivity contribution in [1.82, 2.24) is 9.97 Å². The van der Waals surface area contributed by atoms with Crippen LogP contribution in [0, 0.1) is 0 Å². The maximum absolute atomic E-state index is 10.8. The molecule has 0 aliphatic rings. The quantitative estimate of drug-likeness (QED) is 0.129. The standard InChI is InChI=1S/C12H10O6S2.2C6H6N2O.4H2O.Zn/c13-19(14,15)11-5-1-9(2-6-11)10-3-7-12(8-4-10)20(16,17)18;2*7-6(9)5-2-1-3-8-4-5;;;;;/h1-8H,(H,13,14,15)(H,16,17,18);2*1-4H,(H2,7,9);4*1H2;/q;;;;;;;+2/p+2. The summed E-state index contributed by atoms with van der Waals surface area (Å²) in [6, 6.07) is 16.9. The maximum Gasteiger partial charge on any atom is 2.00 e. The van der Waals surface area contributed by atoms with Crippen molar-refractivity contribution in [3.05, 3.63) is 109 Å². The van der Waals surface area contributed by atoms with Gasteiger partial charge in [-0.05, 0) is 59.7 Å². The van der Waals surface area contributed by atoms with Gasteiger partial charge < -0.3 is 42.5 Å². The van der Waals surface area contributed by atoms with Crippen LogP contribution in [0.1, 0.15) is 20.7 Å². The molecule has 0 atom stereocenters. The maximum atomic E-state index is 10.8. The average Bonchev–Trinajstić information content (AvgIpc) is 2.89. The number of carbonyl (C=O) groups excluding carboxylic acids is 2. The van der Waals surface area contributed by atoms with Crippen molar-refractivity contribution in [2.75, 3.05) is 0 Å². The van der Waals surface area contributed by atoms with Gasteiger partial charge in [0.15, 0.2) is 0 Å². The fourth-order valence-electron chi connectivity index (χ4n) is 2.65. The summed E-state index contributed by atoms with van der Waals surface area (Å²) >= 11 is 0. The van der Waals surface area contributed by atoms with E-state index < -0.39 is 32.1 Å². The zero-order valence-electron chi connectivity index (χ0n) is 22.4. The third-order valence-corrected chi connectivity index (χ3v) is 6.21. The summed E-state index contributed by atoms with van der Waals surface area (Å²) in [5.41, 5.74) is 11.9. The number of aromatic nitrogens is 2. The molecule has 2 heterocycles. The summed E-state index contributed by atoms with van der Waals surface area (Å²) in [6.45, 7) is 0. The van der Waals surface area contributed by atoms with Gasteiger partial charge in [0.25, 0.3) is 0 Å². The van der Waals surface area contributed by atoms with E-state index in [4.69, 9.17) is 11.5 Å². The van der Waals surface area contributed by atoms with Crippen LogP contribution in [-0.2, 0) is 61.6 Å². The number of pyridine rings is 2. The number of hydrogen-bond donors (Lipinski definition) is 2. The minimum absolute atomic E-state index is 0. The van der Waals surface area contributed by atoms with Crippen LogP contribution in [0.5, 0.6) is 0 Å². The molecule has 0 spiro atoms. The van der Waals surface area contributed by atoms with Crippen LogP contribution >= 0.6 is 0 Å². The predicted octanol–water partition coefficient (Wildman–Crippen LogP) is -2.17. The minimum Gasteiger partial charge on any atom is -0.744 e. The Labute approximate surface area is 259 Å². The molecule has 0 unspecified atom stereocenters. The summed E-state index contributed by atoms with van der Waals surface area (Å²) in [5.74, 6) is -0.883. The Morgan fingerprint density at radius 3 is 1.00 bits per heavy atom. The van der Waals surface area contributed by atoms with Crippen LogP contribution in [0.25, 0.3) is 11.1 Å². The Morgan fingerprint density at radius 2 is 0.837 bits per heavy atom. The van der Waals surface area contributed by atoms with Gasteiger partial charge in [-0.1, -0.05) is 24.3 Å². The summed E-state index contributed by atoms with van der Waals surface area (Å²) in [7, 11) is -9.00. The molecular formula is C24H32N4O12S2Zn+4. The number of hydrogen-bond acceptors (Lipinski definition) is 10. The van der Waals surface area contributed by atoms with Gasteiger partial charge >= 0.3 is 19.5 Å². The molecule has 4 aromatic rings. The van der Waals surface area contributed by atoms with Crippen molar-refractivity contribution < 1.29 is 76.9 Å². The van der Waals surface area contributed by atoms with Crippen molar-refractivity contribution in [3.8, 4) is 11.1 Å². The number of carbonyl (C=O) groups is 2. The van der Waals surface area contributed by atoms with E-state index in [0.717, 1.165) is 24.3 Å². The Morgan fingerprint density at radius 1 is 0.558 bits per heavy atom. The molecule has 43 heavy (non-hydrogen) atoms. The first-order chi connectivity index (χ1) is 17.8. The molecular weight excluding hydrogens is 666 g/mol. The van der Waals surface area contributed by atoms with E-state index in [0.29, 0.717) is 22.3 Å². The molecule has 230 valence electrons. The smallest absolute Gasteiger partial charge is 0.744 e. The van der Waals surface area contributed by atoms with Gasteiger partial charge in [0.05, 0.1) is 20.9 Å². The number of benzene rings is 2. The molecule has 0 radical (unpaired) electrons. The largest absolute Gasteiger partial charge is 2.00 e. The molecule has 0 aliphatic heterocycles. The fourth-order valence-corrected chi connectivity index (χ4v) is 3.58. The summed E-state index contributed by atoms with van der Waals surface area (Å²) in [5, 5.41) is 0. The van der Waals surface area contributed by atoms with Gasteiger partial charge in [0.1, 0.15) is 20.2 Å². The molecule has 2 amide bonds. The number of nitrogens with zero attached hydrogens (tertiary/aromatic N) is 2. The number of rotatable bonds is 5. The fraction of sp³-hybridized carbons (Fsp3) is 0. The van der Waals surface area contributed by atoms with Crippen molar-refractivity contribution in [2.45, 2.75) is 9.79 Å². The molecule has 19 heteroatoms. The first-order valence-corrected chi connectivity index (χ1v) is 13.1. The van der Waals surface area contributed by atoms with Gasteiger partial charge in [-0.25, -0.2) is 16.8 Å². The second kappa shape index (κ2) is 20.8. The average molecular weight is 698 g/mol. The van der Waals surface area contributed by atoms with Crippen LogP contribution in [0.15, 0.2) is 107 Å². The van der Waals surface area contributed by atoms with Crippen molar-refractivity contribution in [2.24, 2.45) is 11.5 Å². The molecule has 2 aromatic heterocycles.